The molecular formula is C12H21N3O2S. The second-order valence-electron chi connectivity index (χ2n) is 4.17. The van der Waals surface area contributed by atoms with Crippen LogP contribution in [0, 0.1) is 0 Å². The topological polar surface area (TPSA) is 74.2 Å². The van der Waals surface area contributed by atoms with Gasteiger partial charge in [0.1, 0.15) is 5.01 Å². The Labute approximate surface area is 112 Å². The molecule has 0 spiro atoms. The maximum atomic E-state index is 11.6. The highest BCUT2D eigenvalue weighted by Crippen LogP contribution is 2.12. The number of thiazole rings is 1. The maximum Gasteiger partial charge on any atom is 0.315 e. The summed E-state index contributed by atoms with van der Waals surface area (Å²) in [5, 5.41) is 15.2. The summed E-state index contributed by atoms with van der Waals surface area (Å²) in [6.45, 7) is 4.63. The molecule has 0 aliphatic rings. The van der Waals surface area contributed by atoms with Crippen LogP contribution in [0.25, 0.3) is 0 Å². The summed E-state index contributed by atoms with van der Waals surface area (Å²) in [5.74, 6) is 0. The molecule has 0 radical (unpaired) electrons. The van der Waals surface area contributed by atoms with Gasteiger partial charge < -0.3 is 15.7 Å². The number of carbonyl (C=O) groups is 1. The third-order valence-corrected chi connectivity index (χ3v) is 3.66. The van der Waals surface area contributed by atoms with E-state index in [2.05, 4.69) is 22.5 Å². The Bertz CT molecular complexity index is 368. The van der Waals surface area contributed by atoms with E-state index >= 15 is 0 Å². The summed E-state index contributed by atoms with van der Waals surface area (Å²) in [6.07, 6.45) is 4.31. The molecule has 2 amide bonds. The number of aromatic nitrogens is 1. The average Bonchev–Trinajstić information content (AvgIpc) is 2.82. The maximum absolute atomic E-state index is 11.6. The van der Waals surface area contributed by atoms with Crippen LogP contribution in [0.15, 0.2) is 6.20 Å². The molecule has 0 fully saturated rings. The van der Waals surface area contributed by atoms with E-state index in [4.69, 9.17) is 5.11 Å². The van der Waals surface area contributed by atoms with E-state index < -0.39 is 0 Å². The molecule has 0 aromatic carbocycles. The van der Waals surface area contributed by atoms with E-state index in [9.17, 15) is 4.79 Å². The van der Waals surface area contributed by atoms with Crippen molar-refractivity contribution in [3.05, 3.63) is 16.1 Å². The summed E-state index contributed by atoms with van der Waals surface area (Å²) in [6, 6.07) is -0.117. The monoisotopic (exact) mass is 271 g/mol. The van der Waals surface area contributed by atoms with Crippen LogP contribution in [-0.2, 0) is 13.0 Å². The summed E-state index contributed by atoms with van der Waals surface area (Å²) >= 11 is 1.62. The molecule has 0 saturated heterocycles. The quantitative estimate of drug-likeness (QED) is 0.706. The van der Waals surface area contributed by atoms with Crippen LogP contribution < -0.4 is 10.6 Å². The second-order valence-corrected chi connectivity index (χ2v) is 5.37. The number of urea groups is 1. The number of nitrogens with one attached hydrogen (secondary N) is 2. The van der Waals surface area contributed by atoms with Crippen molar-refractivity contribution < 1.29 is 9.90 Å². The van der Waals surface area contributed by atoms with Gasteiger partial charge in [-0.1, -0.05) is 6.92 Å². The van der Waals surface area contributed by atoms with Crippen molar-refractivity contribution in [3.8, 4) is 0 Å². The standard InChI is InChI=1S/C12H21N3O2S/c1-3-10-7-13-11(18-10)8-14-12(17)15-9(2)5-4-6-16/h7,9,16H,3-6,8H2,1-2H3,(H2,14,15,17). The van der Waals surface area contributed by atoms with Gasteiger partial charge in [0.15, 0.2) is 0 Å². The molecule has 1 atom stereocenters. The van der Waals surface area contributed by atoms with Crippen molar-refractivity contribution >= 4 is 17.4 Å². The third-order valence-electron chi connectivity index (χ3n) is 2.52. The number of aliphatic hydroxyl groups excluding tert-OH is 1. The van der Waals surface area contributed by atoms with Crippen LogP contribution in [-0.4, -0.2) is 28.8 Å². The number of aryl methyl sites for hydroxylation is 1. The molecule has 3 N–H and O–H groups in total. The second kappa shape index (κ2) is 8.05. The van der Waals surface area contributed by atoms with Crippen LogP contribution in [0.1, 0.15) is 36.6 Å². The van der Waals surface area contributed by atoms with Crippen LogP contribution in [0.2, 0.25) is 0 Å². The zero-order chi connectivity index (χ0) is 13.4. The Morgan fingerprint density at radius 1 is 1.61 bits per heavy atom. The first kappa shape index (κ1) is 14.9. The third kappa shape index (κ3) is 5.46. The van der Waals surface area contributed by atoms with Crippen molar-refractivity contribution in [2.24, 2.45) is 0 Å². The van der Waals surface area contributed by atoms with Gasteiger partial charge in [0.2, 0.25) is 0 Å². The largest absolute Gasteiger partial charge is 0.396 e. The van der Waals surface area contributed by atoms with Crippen LogP contribution in [0.4, 0.5) is 4.79 Å². The highest BCUT2D eigenvalue weighted by atomic mass is 32.1. The SMILES string of the molecule is CCc1cnc(CNC(=O)NC(C)CCCO)s1. The zero-order valence-corrected chi connectivity index (χ0v) is 11.7. The van der Waals surface area contributed by atoms with Crippen molar-refractivity contribution in [2.45, 2.75) is 45.7 Å². The van der Waals surface area contributed by atoms with E-state index in [1.165, 1.54) is 4.88 Å². The Balaban J connectivity index is 2.24. The fraction of sp³-hybridized carbons (Fsp3) is 0.667. The van der Waals surface area contributed by atoms with E-state index in [0.29, 0.717) is 13.0 Å². The minimum absolute atomic E-state index is 0.0691. The number of aliphatic hydroxyl groups is 1. The van der Waals surface area contributed by atoms with Crippen molar-refractivity contribution in [1.29, 1.82) is 0 Å². The summed E-state index contributed by atoms with van der Waals surface area (Å²) < 4.78 is 0. The molecule has 5 nitrogen and oxygen atoms in total. The van der Waals surface area contributed by atoms with Crippen LogP contribution >= 0.6 is 11.3 Å². The average molecular weight is 271 g/mol. The molecule has 1 unspecified atom stereocenters. The fourth-order valence-corrected chi connectivity index (χ4v) is 2.30. The van der Waals surface area contributed by atoms with Gasteiger partial charge in [-0.3, -0.25) is 0 Å². The molecule has 0 aliphatic heterocycles. The summed E-state index contributed by atoms with van der Waals surface area (Å²) in [4.78, 5) is 17.0. The lowest BCUT2D eigenvalue weighted by Gasteiger charge is -2.13. The number of rotatable bonds is 7. The van der Waals surface area contributed by atoms with Gasteiger partial charge in [-0.25, -0.2) is 9.78 Å². The first-order valence-corrected chi connectivity index (χ1v) is 7.06. The van der Waals surface area contributed by atoms with E-state index in [-0.39, 0.29) is 18.7 Å². The number of carbonyl (C=O) groups excluding carboxylic acids is 1. The number of amides is 2. The minimum Gasteiger partial charge on any atom is -0.396 e. The first-order valence-electron chi connectivity index (χ1n) is 6.24. The molecular weight excluding hydrogens is 250 g/mol. The first-order chi connectivity index (χ1) is 8.65. The molecule has 6 heteroatoms. The molecule has 102 valence electrons. The zero-order valence-electron chi connectivity index (χ0n) is 10.9. The summed E-state index contributed by atoms with van der Waals surface area (Å²) in [7, 11) is 0. The number of hydrogen-bond acceptors (Lipinski definition) is 4. The Kier molecular flexibility index (Phi) is 6.67. The van der Waals surface area contributed by atoms with Gasteiger partial charge in [-0.2, -0.15) is 0 Å². The lowest BCUT2D eigenvalue weighted by atomic mass is 10.2. The van der Waals surface area contributed by atoms with E-state index in [1.807, 2.05) is 13.1 Å². The van der Waals surface area contributed by atoms with E-state index in [1.54, 1.807) is 11.3 Å². The normalized spacial score (nSPS) is 12.2. The van der Waals surface area contributed by atoms with Gasteiger partial charge in [0.25, 0.3) is 0 Å². The van der Waals surface area contributed by atoms with Crippen LogP contribution in [0.5, 0.6) is 0 Å². The Hall–Kier alpha value is -1.14. The molecule has 1 aromatic heterocycles. The van der Waals surface area contributed by atoms with Gasteiger partial charge in [0, 0.05) is 23.7 Å². The number of nitrogens with zero attached hydrogens (tertiary/aromatic N) is 1. The molecule has 1 rings (SSSR count). The predicted molar refractivity (Wildman–Crippen MR) is 72.6 cm³/mol. The van der Waals surface area contributed by atoms with Crippen LogP contribution in [0.3, 0.4) is 0 Å². The van der Waals surface area contributed by atoms with Crippen molar-refractivity contribution in [3.63, 3.8) is 0 Å². The predicted octanol–water partition coefficient (Wildman–Crippen LogP) is 1.67. The molecule has 18 heavy (non-hydrogen) atoms. The highest BCUT2D eigenvalue weighted by molar-refractivity contribution is 7.11. The fourth-order valence-electron chi connectivity index (χ4n) is 1.49. The molecule has 0 bridgehead atoms. The van der Waals surface area contributed by atoms with Gasteiger partial charge in [-0.05, 0) is 26.2 Å². The molecule has 0 aliphatic carbocycles. The molecule has 1 heterocycles. The number of hydrogen-bond donors (Lipinski definition) is 3. The smallest absolute Gasteiger partial charge is 0.315 e. The highest BCUT2D eigenvalue weighted by Gasteiger charge is 2.07. The van der Waals surface area contributed by atoms with Crippen molar-refractivity contribution in [2.75, 3.05) is 6.61 Å². The molecule has 0 saturated carbocycles. The molecule has 1 aromatic rings. The lowest BCUT2D eigenvalue weighted by Crippen LogP contribution is -2.40. The summed E-state index contributed by atoms with van der Waals surface area (Å²) in [5.41, 5.74) is 0. The lowest BCUT2D eigenvalue weighted by molar-refractivity contribution is 0.234. The van der Waals surface area contributed by atoms with Crippen molar-refractivity contribution in [1.82, 2.24) is 15.6 Å². The Morgan fingerprint density at radius 3 is 3.00 bits per heavy atom. The van der Waals surface area contributed by atoms with Gasteiger partial charge >= 0.3 is 6.03 Å². The van der Waals surface area contributed by atoms with Gasteiger partial charge in [-0.15, -0.1) is 11.3 Å². The van der Waals surface area contributed by atoms with Gasteiger partial charge in [0.05, 0.1) is 6.54 Å². The van der Waals surface area contributed by atoms with E-state index in [0.717, 1.165) is 17.8 Å². The minimum atomic E-state index is -0.186. The Morgan fingerprint density at radius 2 is 2.39 bits per heavy atom.